The van der Waals surface area contributed by atoms with Crippen LogP contribution in [0, 0.1) is 5.92 Å². The Morgan fingerprint density at radius 2 is 1.88 bits per heavy atom. The van der Waals surface area contributed by atoms with Gasteiger partial charge >= 0.3 is 5.97 Å². The maximum Gasteiger partial charge on any atom is 0.341 e. The smallest absolute Gasteiger partial charge is 0.341 e. The number of amides is 1. The predicted octanol–water partition coefficient (Wildman–Crippen LogP) is 3.69. The van der Waals surface area contributed by atoms with E-state index in [0.29, 0.717) is 18.1 Å². The first-order valence-corrected chi connectivity index (χ1v) is 8.78. The SMILES string of the molecule is CC(NC(=O)CCC1CCCCC1)c1ccc(OCC(=O)O)cc1. The van der Waals surface area contributed by atoms with E-state index < -0.39 is 5.97 Å². The van der Waals surface area contributed by atoms with Gasteiger partial charge in [0.1, 0.15) is 5.75 Å². The van der Waals surface area contributed by atoms with Crippen LogP contribution in [-0.4, -0.2) is 23.6 Å². The van der Waals surface area contributed by atoms with Gasteiger partial charge in [0.25, 0.3) is 0 Å². The molecule has 1 aliphatic rings. The summed E-state index contributed by atoms with van der Waals surface area (Å²) in [6, 6.07) is 7.08. The number of benzene rings is 1. The molecule has 0 aliphatic heterocycles. The number of aliphatic carboxylic acids is 1. The molecule has 1 aliphatic carbocycles. The fraction of sp³-hybridized carbons (Fsp3) is 0.579. The Morgan fingerprint density at radius 3 is 2.50 bits per heavy atom. The zero-order valence-electron chi connectivity index (χ0n) is 14.3. The largest absolute Gasteiger partial charge is 0.482 e. The first-order valence-electron chi connectivity index (χ1n) is 8.78. The summed E-state index contributed by atoms with van der Waals surface area (Å²) in [6.45, 7) is 1.60. The van der Waals surface area contributed by atoms with Crippen LogP contribution in [0.3, 0.4) is 0 Å². The first-order chi connectivity index (χ1) is 11.5. The minimum Gasteiger partial charge on any atom is -0.482 e. The molecule has 1 aromatic carbocycles. The van der Waals surface area contributed by atoms with Gasteiger partial charge in [0.15, 0.2) is 6.61 Å². The van der Waals surface area contributed by atoms with Gasteiger partial charge in [-0.1, -0.05) is 44.2 Å². The van der Waals surface area contributed by atoms with Gasteiger partial charge in [0, 0.05) is 6.42 Å². The number of nitrogens with one attached hydrogen (secondary N) is 1. The van der Waals surface area contributed by atoms with E-state index in [-0.39, 0.29) is 18.6 Å². The highest BCUT2D eigenvalue weighted by Gasteiger charge is 2.16. The van der Waals surface area contributed by atoms with Crippen LogP contribution >= 0.6 is 0 Å². The molecule has 1 unspecified atom stereocenters. The number of rotatable bonds is 8. The van der Waals surface area contributed by atoms with Crippen molar-refractivity contribution >= 4 is 11.9 Å². The van der Waals surface area contributed by atoms with Crippen LogP contribution in [0.5, 0.6) is 5.75 Å². The molecular formula is C19H27NO4. The molecule has 0 aromatic heterocycles. The maximum atomic E-state index is 12.1. The number of ether oxygens (including phenoxy) is 1. The Morgan fingerprint density at radius 1 is 1.21 bits per heavy atom. The Hall–Kier alpha value is -2.04. The van der Waals surface area contributed by atoms with Gasteiger partial charge in [-0.05, 0) is 37.0 Å². The van der Waals surface area contributed by atoms with Crippen molar-refractivity contribution < 1.29 is 19.4 Å². The average molecular weight is 333 g/mol. The molecule has 5 heteroatoms. The standard InChI is InChI=1S/C19H27NO4/c1-14(16-8-10-17(11-9-16)24-13-19(22)23)20-18(21)12-7-15-5-3-2-4-6-15/h8-11,14-15H,2-7,12-13H2,1H3,(H,20,21)(H,22,23). The molecule has 132 valence electrons. The molecule has 1 amide bonds. The molecule has 0 bridgehead atoms. The van der Waals surface area contributed by atoms with Crippen LogP contribution in [0.4, 0.5) is 0 Å². The maximum absolute atomic E-state index is 12.1. The number of carbonyl (C=O) groups is 2. The van der Waals surface area contributed by atoms with Gasteiger partial charge in [-0.25, -0.2) is 4.79 Å². The van der Waals surface area contributed by atoms with Gasteiger partial charge in [0.2, 0.25) is 5.91 Å². The summed E-state index contributed by atoms with van der Waals surface area (Å²) in [5.41, 5.74) is 0.976. The lowest BCUT2D eigenvalue weighted by Crippen LogP contribution is -2.27. The van der Waals surface area contributed by atoms with E-state index in [0.717, 1.165) is 12.0 Å². The topological polar surface area (TPSA) is 75.6 Å². The summed E-state index contributed by atoms with van der Waals surface area (Å²) in [7, 11) is 0. The van der Waals surface area contributed by atoms with Crippen LogP contribution in [0.25, 0.3) is 0 Å². The van der Waals surface area contributed by atoms with Crippen molar-refractivity contribution in [1.29, 1.82) is 0 Å². The molecule has 0 saturated heterocycles. The van der Waals surface area contributed by atoms with E-state index in [2.05, 4.69) is 5.32 Å². The second kappa shape index (κ2) is 9.30. The van der Waals surface area contributed by atoms with E-state index in [4.69, 9.17) is 9.84 Å². The third-order valence-corrected chi connectivity index (χ3v) is 4.62. The first kappa shape index (κ1) is 18.3. The third-order valence-electron chi connectivity index (χ3n) is 4.62. The van der Waals surface area contributed by atoms with Crippen molar-refractivity contribution in [3.63, 3.8) is 0 Å². The number of hydrogen-bond donors (Lipinski definition) is 2. The van der Waals surface area contributed by atoms with Crippen LogP contribution in [0.2, 0.25) is 0 Å². The summed E-state index contributed by atoms with van der Waals surface area (Å²) < 4.78 is 5.10. The fourth-order valence-corrected chi connectivity index (χ4v) is 3.21. The summed E-state index contributed by atoms with van der Waals surface area (Å²) in [4.78, 5) is 22.6. The lowest BCUT2D eigenvalue weighted by Gasteiger charge is -2.21. The van der Waals surface area contributed by atoms with E-state index in [9.17, 15) is 9.59 Å². The number of carbonyl (C=O) groups excluding carboxylic acids is 1. The van der Waals surface area contributed by atoms with Crippen molar-refractivity contribution in [1.82, 2.24) is 5.32 Å². The van der Waals surface area contributed by atoms with Crippen LogP contribution in [0.1, 0.15) is 63.5 Å². The Kier molecular flexibility index (Phi) is 7.09. The summed E-state index contributed by atoms with van der Waals surface area (Å²) in [5.74, 6) is 0.319. The molecule has 0 radical (unpaired) electrons. The minimum absolute atomic E-state index is 0.0719. The van der Waals surface area contributed by atoms with E-state index in [1.165, 1.54) is 32.1 Å². The summed E-state index contributed by atoms with van der Waals surface area (Å²) in [6.07, 6.45) is 8.06. The van der Waals surface area contributed by atoms with E-state index in [1.54, 1.807) is 12.1 Å². The highest BCUT2D eigenvalue weighted by molar-refractivity contribution is 5.76. The average Bonchev–Trinajstić information content (AvgIpc) is 2.59. The molecule has 1 aromatic rings. The molecule has 0 spiro atoms. The molecule has 2 N–H and O–H groups in total. The Balaban J connectivity index is 1.75. The van der Waals surface area contributed by atoms with Crippen LogP contribution in [-0.2, 0) is 9.59 Å². The van der Waals surface area contributed by atoms with Crippen molar-refractivity contribution in [3.05, 3.63) is 29.8 Å². The molecule has 1 atom stereocenters. The number of hydrogen-bond acceptors (Lipinski definition) is 3. The fourth-order valence-electron chi connectivity index (χ4n) is 3.21. The number of carboxylic acids is 1. The quantitative estimate of drug-likeness (QED) is 0.761. The van der Waals surface area contributed by atoms with Crippen LogP contribution in [0.15, 0.2) is 24.3 Å². The zero-order valence-corrected chi connectivity index (χ0v) is 14.3. The van der Waals surface area contributed by atoms with Crippen molar-refractivity contribution in [2.75, 3.05) is 6.61 Å². The molecule has 5 nitrogen and oxygen atoms in total. The zero-order chi connectivity index (χ0) is 17.4. The molecular weight excluding hydrogens is 306 g/mol. The van der Waals surface area contributed by atoms with Gasteiger partial charge in [-0.15, -0.1) is 0 Å². The predicted molar refractivity (Wildman–Crippen MR) is 91.9 cm³/mol. The van der Waals surface area contributed by atoms with Gasteiger partial charge < -0.3 is 15.2 Å². The van der Waals surface area contributed by atoms with Crippen LogP contribution < -0.4 is 10.1 Å². The molecule has 24 heavy (non-hydrogen) atoms. The molecule has 2 rings (SSSR count). The lowest BCUT2D eigenvalue weighted by molar-refractivity contribution is -0.139. The van der Waals surface area contributed by atoms with Crippen molar-refractivity contribution in [2.45, 2.75) is 57.9 Å². The second-order valence-corrected chi connectivity index (χ2v) is 6.58. The highest BCUT2D eigenvalue weighted by atomic mass is 16.5. The summed E-state index contributed by atoms with van der Waals surface area (Å²) in [5, 5.41) is 11.6. The summed E-state index contributed by atoms with van der Waals surface area (Å²) >= 11 is 0. The highest BCUT2D eigenvalue weighted by Crippen LogP contribution is 2.27. The van der Waals surface area contributed by atoms with E-state index >= 15 is 0 Å². The van der Waals surface area contributed by atoms with Crippen molar-refractivity contribution in [2.24, 2.45) is 5.92 Å². The molecule has 0 heterocycles. The van der Waals surface area contributed by atoms with Gasteiger partial charge in [0.05, 0.1) is 6.04 Å². The monoisotopic (exact) mass is 333 g/mol. The van der Waals surface area contributed by atoms with Gasteiger partial charge in [-0.2, -0.15) is 0 Å². The van der Waals surface area contributed by atoms with Gasteiger partial charge in [-0.3, -0.25) is 4.79 Å². The lowest BCUT2D eigenvalue weighted by atomic mass is 9.86. The molecule has 1 saturated carbocycles. The van der Waals surface area contributed by atoms with E-state index in [1.807, 2.05) is 19.1 Å². The normalized spacial score (nSPS) is 16.4. The minimum atomic E-state index is -1.00. The molecule has 1 fully saturated rings. The Bertz CT molecular complexity index is 535. The Labute approximate surface area is 143 Å². The third kappa shape index (κ3) is 6.22. The second-order valence-electron chi connectivity index (χ2n) is 6.58. The number of carboxylic acid groups (broad SMARTS) is 1. The van der Waals surface area contributed by atoms with Crippen molar-refractivity contribution in [3.8, 4) is 5.75 Å².